The molecule has 146 valence electrons. The molecule has 1 aromatic heterocycles. The fourth-order valence-corrected chi connectivity index (χ4v) is 3.81. The number of anilines is 1. The first kappa shape index (κ1) is 19.6. The van der Waals surface area contributed by atoms with Gasteiger partial charge < -0.3 is 15.0 Å². The van der Waals surface area contributed by atoms with Crippen LogP contribution in [-0.4, -0.2) is 10.9 Å². The minimum Gasteiger partial charge on any atom is -0.489 e. The summed E-state index contributed by atoms with van der Waals surface area (Å²) < 4.78 is 5.84. The minimum absolute atomic E-state index is 0.267. The molecule has 0 saturated carbocycles. The standard InChI is InChI=1S/C22H15Cl3N2O2/c23-15-9-17(24)21(18(25)10-15)27-22(28)20-8-14-6-7-16(11-19(14)26-20)29-12-13-4-2-1-3-5-13/h1-11,26H,12H2,(H,27,28). The smallest absolute Gasteiger partial charge is 0.272 e. The Morgan fingerprint density at radius 1 is 0.931 bits per heavy atom. The molecule has 0 aliphatic heterocycles. The van der Waals surface area contributed by atoms with Crippen LogP contribution in [0, 0.1) is 0 Å². The van der Waals surface area contributed by atoms with E-state index < -0.39 is 0 Å². The second-order valence-electron chi connectivity index (χ2n) is 6.40. The van der Waals surface area contributed by atoms with Crippen molar-refractivity contribution in [2.24, 2.45) is 0 Å². The predicted molar refractivity (Wildman–Crippen MR) is 118 cm³/mol. The van der Waals surface area contributed by atoms with Gasteiger partial charge in [0.2, 0.25) is 0 Å². The van der Waals surface area contributed by atoms with Crippen molar-refractivity contribution >= 4 is 57.3 Å². The van der Waals surface area contributed by atoms with Crippen molar-refractivity contribution in [3.8, 4) is 5.75 Å². The zero-order valence-corrected chi connectivity index (χ0v) is 17.3. The van der Waals surface area contributed by atoms with Crippen LogP contribution in [0.1, 0.15) is 16.1 Å². The first-order valence-electron chi connectivity index (χ1n) is 8.75. The van der Waals surface area contributed by atoms with Crippen LogP contribution in [0.25, 0.3) is 10.9 Å². The number of H-pyrrole nitrogens is 1. The summed E-state index contributed by atoms with van der Waals surface area (Å²) in [6.07, 6.45) is 0. The molecule has 0 atom stereocenters. The molecule has 0 fully saturated rings. The van der Waals surface area contributed by atoms with Gasteiger partial charge in [-0.05, 0) is 35.9 Å². The molecule has 0 unspecified atom stereocenters. The Bertz CT molecular complexity index is 1170. The molecular formula is C22H15Cl3N2O2. The number of ether oxygens (including phenoxy) is 1. The van der Waals surface area contributed by atoms with Crippen molar-refractivity contribution in [3.63, 3.8) is 0 Å². The number of hydrogen-bond donors (Lipinski definition) is 2. The highest BCUT2D eigenvalue weighted by Gasteiger charge is 2.15. The summed E-state index contributed by atoms with van der Waals surface area (Å²) in [6, 6.07) is 20.3. The first-order chi connectivity index (χ1) is 14.0. The molecule has 0 spiro atoms. The molecule has 0 bridgehead atoms. The highest BCUT2D eigenvalue weighted by atomic mass is 35.5. The van der Waals surface area contributed by atoms with Crippen molar-refractivity contribution < 1.29 is 9.53 Å². The third-order valence-electron chi connectivity index (χ3n) is 4.33. The fraction of sp³-hybridized carbons (Fsp3) is 0.0455. The molecule has 0 saturated heterocycles. The highest BCUT2D eigenvalue weighted by Crippen LogP contribution is 2.34. The van der Waals surface area contributed by atoms with Gasteiger partial charge in [0.15, 0.2) is 0 Å². The van der Waals surface area contributed by atoms with Crippen molar-refractivity contribution in [1.29, 1.82) is 0 Å². The quantitative estimate of drug-likeness (QED) is 0.349. The van der Waals surface area contributed by atoms with Crippen LogP contribution in [0.4, 0.5) is 5.69 Å². The molecule has 4 aromatic rings. The molecule has 4 rings (SSSR count). The lowest BCUT2D eigenvalue weighted by molar-refractivity contribution is 0.102. The summed E-state index contributed by atoms with van der Waals surface area (Å²) in [5, 5.41) is 4.53. The Kier molecular flexibility index (Phi) is 5.67. The number of halogens is 3. The van der Waals surface area contributed by atoms with Gasteiger partial charge in [-0.15, -0.1) is 0 Å². The van der Waals surface area contributed by atoms with E-state index in [1.807, 2.05) is 48.5 Å². The van der Waals surface area contributed by atoms with Gasteiger partial charge in [-0.3, -0.25) is 4.79 Å². The van der Waals surface area contributed by atoms with Crippen molar-refractivity contribution in [2.75, 3.05) is 5.32 Å². The summed E-state index contributed by atoms with van der Waals surface area (Å²) in [4.78, 5) is 15.7. The molecular weight excluding hydrogens is 431 g/mol. The van der Waals surface area contributed by atoms with E-state index in [1.54, 1.807) is 6.07 Å². The molecule has 7 heteroatoms. The maximum atomic E-state index is 12.6. The zero-order chi connectivity index (χ0) is 20.4. The minimum atomic E-state index is -0.362. The lowest BCUT2D eigenvalue weighted by Crippen LogP contribution is -2.13. The number of carbonyl (C=O) groups excluding carboxylic acids is 1. The molecule has 3 aromatic carbocycles. The molecule has 0 aliphatic rings. The maximum absolute atomic E-state index is 12.6. The van der Waals surface area contributed by atoms with Gasteiger partial charge in [-0.25, -0.2) is 0 Å². The van der Waals surface area contributed by atoms with E-state index in [0.717, 1.165) is 16.5 Å². The monoisotopic (exact) mass is 444 g/mol. The highest BCUT2D eigenvalue weighted by molar-refractivity contribution is 6.42. The lowest BCUT2D eigenvalue weighted by Gasteiger charge is -2.09. The van der Waals surface area contributed by atoms with Crippen LogP contribution in [0.3, 0.4) is 0 Å². The molecule has 29 heavy (non-hydrogen) atoms. The van der Waals surface area contributed by atoms with Crippen LogP contribution in [0.5, 0.6) is 5.75 Å². The fourth-order valence-electron chi connectivity index (χ4n) is 2.90. The van der Waals surface area contributed by atoms with E-state index in [1.165, 1.54) is 12.1 Å². The summed E-state index contributed by atoms with van der Waals surface area (Å²) in [6.45, 7) is 0.466. The van der Waals surface area contributed by atoms with Gasteiger partial charge in [0.05, 0.1) is 15.7 Å². The number of hydrogen-bond acceptors (Lipinski definition) is 2. The SMILES string of the molecule is O=C(Nc1c(Cl)cc(Cl)cc1Cl)c1cc2ccc(OCc3ccccc3)cc2[nH]1. The van der Waals surface area contributed by atoms with Crippen LogP contribution in [0.2, 0.25) is 15.1 Å². The number of aromatic amines is 1. The number of nitrogens with one attached hydrogen (secondary N) is 2. The number of rotatable bonds is 5. The molecule has 1 amide bonds. The number of fused-ring (bicyclic) bond motifs is 1. The average molecular weight is 446 g/mol. The van der Waals surface area contributed by atoms with E-state index in [9.17, 15) is 4.79 Å². The van der Waals surface area contributed by atoms with Gasteiger partial charge in [0.1, 0.15) is 18.1 Å². The summed E-state index contributed by atoms with van der Waals surface area (Å²) >= 11 is 18.2. The van der Waals surface area contributed by atoms with Crippen LogP contribution in [0.15, 0.2) is 66.7 Å². The summed E-state index contributed by atoms with van der Waals surface area (Å²) in [7, 11) is 0. The molecule has 4 nitrogen and oxygen atoms in total. The Morgan fingerprint density at radius 3 is 2.38 bits per heavy atom. The van der Waals surface area contributed by atoms with E-state index >= 15 is 0 Å². The van der Waals surface area contributed by atoms with Gasteiger partial charge in [-0.1, -0.05) is 65.1 Å². The second kappa shape index (κ2) is 8.37. The second-order valence-corrected chi connectivity index (χ2v) is 7.66. The number of benzene rings is 3. The Labute approximate surface area is 182 Å². The molecule has 2 N–H and O–H groups in total. The van der Waals surface area contributed by atoms with Gasteiger partial charge >= 0.3 is 0 Å². The van der Waals surface area contributed by atoms with Crippen molar-refractivity contribution in [2.45, 2.75) is 6.61 Å². The summed E-state index contributed by atoms with van der Waals surface area (Å²) in [5.74, 6) is 0.345. The topological polar surface area (TPSA) is 54.1 Å². The maximum Gasteiger partial charge on any atom is 0.272 e. The van der Waals surface area contributed by atoms with E-state index in [-0.39, 0.29) is 16.0 Å². The number of amides is 1. The Hall–Kier alpha value is -2.66. The van der Waals surface area contributed by atoms with E-state index in [2.05, 4.69) is 10.3 Å². The van der Waals surface area contributed by atoms with Crippen molar-refractivity contribution in [3.05, 3.63) is 93.1 Å². The van der Waals surface area contributed by atoms with Crippen molar-refractivity contribution in [1.82, 2.24) is 4.98 Å². The number of aromatic nitrogens is 1. The van der Waals surface area contributed by atoms with Crippen LogP contribution < -0.4 is 10.1 Å². The normalized spacial score (nSPS) is 10.9. The largest absolute Gasteiger partial charge is 0.489 e. The Balaban J connectivity index is 1.52. The number of carbonyl (C=O) groups is 1. The van der Waals surface area contributed by atoms with E-state index in [4.69, 9.17) is 39.5 Å². The lowest BCUT2D eigenvalue weighted by atomic mass is 10.2. The molecule has 0 aliphatic carbocycles. The third-order valence-corrected chi connectivity index (χ3v) is 5.15. The molecule has 0 radical (unpaired) electrons. The van der Waals surface area contributed by atoms with E-state index in [0.29, 0.717) is 28.8 Å². The van der Waals surface area contributed by atoms with Gasteiger partial charge in [0, 0.05) is 22.0 Å². The third kappa shape index (κ3) is 4.51. The molecule has 1 heterocycles. The average Bonchev–Trinajstić information content (AvgIpc) is 3.13. The van der Waals surface area contributed by atoms with Gasteiger partial charge in [0.25, 0.3) is 5.91 Å². The summed E-state index contributed by atoms with van der Waals surface area (Å²) in [5.41, 5.74) is 2.56. The van der Waals surface area contributed by atoms with Crippen LogP contribution >= 0.6 is 34.8 Å². The predicted octanol–water partition coefficient (Wildman–Crippen LogP) is 6.96. The van der Waals surface area contributed by atoms with Gasteiger partial charge in [-0.2, -0.15) is 0 Å². The zero-order valence-electron chi connectivity index (χ0n) is 15.0. The first-order valence-corrected chi connectivity index (χ1v) is 9.88. The Morgan fingerprint density at radius 2 is 1.66 bits per heavy atom. The van der Waals surface area contributed by atoms with Crippen LogP contribution in [-0.2, 0) is 6.61 Å².